The molecule has 6 nitrogen and oxygen atoms in total. The highest BCUT2D eigenvalue weighted by molar-refractivity contribution is 5.89. The highest BCUT2D eigenvalue weighted by atomic mass is 35.5. The maximum Gasteiger partial charge on any atom is 0.255 e. The molecule has 2 N–H and O–H groups in total. The summed E-state index contributed by atoms with van der Waals surface area (Å²) in [5, 5.41) is 6.10. The zero-order valence-corrected chi connectivity index (χ0v) is 12.9. The molecule has 1 saturated carbocycles. The van der Waals surface area contributed by atoms with E-state index in [-0.39, 0.29) is 30.8 Å². The number of carbonyl (C=O) groups excluding carboxylic acids is 2. The van der Waals surface area contributed by atoms with Crippen molar-refractivity contribution in [2.45, 2.75) is 37.3 Å². The number of rotatable bonds is 5. The molecule has 0 aromatic rings. The van der Waals surface area contributed by atoms with Gasteiger partial charge in [-0.15, -0.1) is 12.4 Å². The zero-order valence-electron chi connectivity index (χ0n) is 12.1. The van der Waals surface area contributed by atoms with Gasteiger partial charge < -0.3 is 20.3 Å². The number of methoxy groups -OCH3 is 1. The van der Waals surface area contributed by atoms with Crippen LogP contribution in [-0.2, 0) is 14.3 Å². The lowest BCUT2D eigenvalue weighted by atomic mass is 9.90. The molecule has 0 spiro atoms. The molecule has 2 aliphatic rings. The van der Waals surface area contributed by atoms with E-state index in [4.69, 9.17) is 4.74 Å². The highest BCUT2D eigenvalue weighted by Crippen LogP contribution is 2.24. The Morgan fingerprint density at radius 1 is 1.35 bits per heavy atom. The molecule has 20 heavy (non-hydrogen) atoms. The summed E-state index contributed by atoms with van der Waals surface area (Å²) in [5.74, 6) is -0.180. The molecule has 2 fully saturated rings. The summed E-state index contributed by atoms with van der Waals surface area (Å²) >= 11 is 0. The Kier molecular flexibility index (Phi) is 6.23. The molecule has 1 aliphatic heterocycles. The number of ether oxygens (including phenoxy) is 1. The first-order chi connectivity index (χ1) is 9.07. The standard InChI is InChI=1S/C13H23N3O3.ClH/c1-16(9-11(17)15-10-3-4-10)12(18)13(19-2)5-7-14-8-6-13;/h10,14H,3-9H2,1-2H3,(H,15,17);1H. The van der Waals surface area contributed by atoms with E-state index in [9.17, 15) is 9.59 Å². The van der Waals surface area contributed by atoms with E-state index in [1.54, 1.807) is 14.2 Å². The second kappa shape index (κ2) is 7.24. The number of piperidine rings is 1. The smallest absolute Gasteiger partial charge is 0.255 e. The Morgan fingerprint density at radius 2 is 1.95 bits per heavy atom. The van der Waals surface area contributed by atoms with Gasteiger partial charge in [0, 0.05) is 20.2 Å². The minimum atomic E-state index is -0.764. The second-order valence-electron chi connectivity index (χ2n) is 5.45. The average molecular weight is 306 g/mol. The van der Waals surface area contributed by atoms with Gasteiger partial charge in [-0.05, 0) is 38.8 Å². The number of nitrogens with zero attached hydrogens (tertiary/aromatic N) is 1. The van der Waals surface area contributed by atoms with E-state index in [1.165, 1.54) is 4.90 Å². The Hall–Kier alpha value is -0.850. The second-order valence-corrected chi connectivity index (χ2v) is 5.45. The lowest BCUT2D eigenvalue weighted by Gasteiger charge is -2.37. The van der Waals surface area contributed by atoms with Crippen molar-refractivity contribution in [3.63, 3.8) is 0 Å². The fourth-order valence-corrected chi connectivity index (χ4v) is 2.47. The maximum absolute atomic E-state index is 12.5. The van der Waals surface area contributed by atoms with Gasteiger partial charge in [-0.1, -0.05) is 0 Å². The minimum absolute atomic E-state index is 0. The molecular weight excluding hydrogens is 282 g/mol. The van der Waals surface area contributed by atoms with Crippen LogP contribution in [0.2, 0.25) is 0 Å². The molecule has 0 bridgehead atoms. The van der Waals surface area contributed by atoms with Crippen LogP contribution < -0.4 is 10.6 Å². The molecule has 7 heteroatoms. The van der Waals surface area contributed by atoms with Crippen LogP contribution in [0.4, 0.5) is 0 Å². The van der Waals surface area contributed by atoms with Crippen LogP contribution in [0.1, 0.15) is 25.7 Å². The number of amides is 2. The van der Waals surface area contributed by atoms with E-state index in [0.717, 1.165) is 25.9 Å². The molecule has 2 amide bonds. The van der Waals surface area contributed by atoms with Gasteiger partial charge in [0.15, 0.2) is 0 Å². The molecule has 116 valence electrons. The quantitative estimate of drug-likeness (QED) is 0.745. The van der Waals surface area contributed by atoms with Crippen LogP contribution in [0.25, 0.3) is 0 Å². The monoisotopic (exact) mass is 305 g/mol. The molecule has 1 saturated heterocycles. The maximum atomic E-state index is 12.5. The van der Waals surface area contributed by atoms with E-state index < -0.39 is 5.60 Å². The van der Waals surface area contributed by atoms with Crippen LogP contribution in [0.5, 0.6) is 0 Å². The van der Waals surface area contributed by atoms with Gasteiger partial charge in [0.1, 0.15) is 5.60 Å². The average Bonchev–Trinajstić information content (AvgIpc) is 3.22. The topological polar surface area (TPSA) is 70.7 Å². The van der Waals surface area contributed by atoms with E-state index in [2.05, 4.69) is 10.6 Å². The lowest BCUT2D eigenvalue weighted by Crippen LogP contribution is -2.55. The third kappa shape index (κ3) is 4.07. The van der Waals surface area contributed by atoms with Gasteiger partial charge in [0.05, 0.1) is 6.54 Å². The molecule has 0 atom stereocenters. The van der Waals surface area contributed by atoms with Gasteiger partial charge in [-0.3, -0.25) is 9.59 Å². The first kappa shape index (κ1) is 17.2. The molecule has 1 heterocycles. The van der Waals surface area contributed by atoms with E-state index in [0.29, 0.717) is 18.9 Å². The molecular formula is C13H24ClN3O3. The van der Waals surface area contributed by atoms with Crippen molar-refractivity contribution in [1.82, 2.24) is 15.5 Å². The number of hydrogen-bond acceptors (Lipinski definition) is 4. The van der Waals surface area contributed by atoms with Gasteiger partial charge in [0.25, 0.3) is 5.91 Å². The van der Waals surface area contributed by atoms with Crippen LogP contribution in [-0.4, -0.2) is 62.1 Å². The lowest BCUT2D eigenvalue weighted by molar-refractivity contribution is -0.158. The predicted molar refractivity (Wildman–Crippen MR) is 77.9 cm³/mol. The van der Waals surface area contributed by atoms with E-state index in [1.807, 2.05) is 0 Å². The Labute approximate surface area is 126 Å². The fraction of sp³-hybridized carbons (Fsp3) is 0.846. The van der Waals surface area contributed by atoms with Gasteiger partial charge >= 0.3 is 0 Å². The summed E-state index contributed by atoms with van der Waals surface area (Å²) in [4.78, 5) is 25.7. The molecule has 0 unspecified atom stereocenters. The first-order valence-corrected chi connectivity index (χ1v) is 6.88. The summed E-state index contributed by atoms with van der Waals surface area (Å²) in [5.41, 5.74) is -0.764. The number of carbonyl (C=O) groups is 2. The van der Waals surface area contributed by atoms with Gasteiger partial charge in [-0.25, -0.2) is 0 Å². The van der Waals surface area contributed by atoms with Crippen molar-refractivity contribution in [2.24, 2.45) is 0 Å². The summed E-state index contributed by atoms with van der Waals surface area (Å²) in [6.07, 6.45) is 3.40. The normalized spacial score (nSPS) is 20.7. The summed E-state index contributed by atoms with van der Waals surface area (Å²) in [6, 6.07) is 0.325. The molecule has 0 aromatic heterocycles. The molecule has 2 rings (SSSR count). The van der Waals surface area contributed by atoms with Crippen LogP contribution >= 0.6 is 12.4 Å². The SMILES string of the molecule is COC1(C(=O)N(C)CC(=O)NC2CC2)CCNCC1.Cl. The Morgan fingerprint density at radius 3 is 2.45 bits per heavy atom. The largest absolute Gasteiger partial charge is 0.368 e. The third-order valence-corrected chi connectivity index (χ3v) is 3.86. The first-order valence-electron chi connectivity index (χ1n) is 6.88. The summed E-state index contributed by atoms with van der Waals surface area (Å²) in [7, 11) is 3.24. The van der Waals surface area contributed by atoms with Crippen molar-refractivity contribution >= 4 is 24.2 Å². The van der Waals surface area contributed by atoms with Crippen LogP contribution in [0, 0.1) is 0 Å². The van der Waals surface area contributed by atoms with Crippen molar-refractivity contribution in [2.75, 3.05) is 33.8 Å². The Balaban J connectivity index is 0.00000200. The van der Waals surface area contributed by atoms with E-state index >= 15 is 0 Å². The molecule has 0 radical (unpaired) electrons. The van der Waals surface area contributed by atoms with Crippen molar-refractivity contribution in [3.05, 3.63) is 0 Å². The van der Waals surface area contributed by atoms with Crippen molar-refractivity contribution in [3.8, 4) is 0 Å². The number of likely N-dealkylation sites (N-methyl/N-ethyl adjacent to an activating group) is 1. The van der Waals surface area contributed by atoms with Crippen LogP contribution in [0.3, 0.4) is 0 Å². The van der Waals surface area contributed by atoms with Gasteiger partial charge in [-0.2, -0.15) is 0 Å². The number of halogens is 1. The number of nitrogens with one attached hydrogen (secondary N) is 2. The Bertz CT molecular complexity index is 355. The predicted octanol–water partition coefficient (Wildman–Crippen LogP) is -0.0862. The summed E-state index contributed by atoms with van der Waals surface area (Å²) < 4.78 is 5.47. The van der Waals surface area contributed by atoms with Crippen molar-refractivity contribution in [1.29, 1.82) is 0 Å². The zero-order chi connectivity index (χ0) is 13.9. The third-order valence-electron chi connectivity index (χ3n) is 3.86. The minimum Gasteiger partial charge on any atom is -0.368 e. The highest BCUT2D eigenvalue weighted by Gasteiger charge is 2.41. The molecule has 1 aliphatic carbocycles. The fourth-order valence-electron chi connectivity index (χ4n) is 2.47. The summed E-state index contributed by atoms with van der Waals surface area (Å²) in [6.45, 7) is 1.64. The van der Waals surface area contributed by atoms with Gasteiger partial charge in [0.2, 0.25) is 5.91 Å². The molecule has 0 aromatic carbocycles. The van der Waals surface area contributed by atoms with Crippen molar-refractivity contribution < 1.29 is 14.3 Å². The number of hydrogen-bond donors (Lipinski definition) is 2. The van der Waals surface area contributed by atoms with Crippen LogP contribution in [0.15, 0.2) is 0 Å².